The van der Waals surface area contributed by atoms with Crippen molar-refractivity contribution in [2.75, 3.05) is 11.9 Å². The Labute approximate surface area is 116 Å². The molecule has 2 aromatic heterocycles. The second-order valence-corrected chi connectivity index (χ2v) is 5.74. The lowest BCUT2D eigenvalue weighted by Gasteiger charge is -2.18. The van der Waals surface area contributed by atoms with Crippen molar-refractivity contribution in [2.45, 2.75) is 27.3 Å². The van der Waals surface area contributed by atoms with Gasteiger partial charge in [0.2, 0.25) is 0 Å². The van der Waals surface area contributed by atoms with Gasteiger partial charge in [0.25, 0.3) is 0 Å². The van der Waals surface area contributed by atoms with Crippen LogP contribution >= 0.6 is 11.3 Å². The largest absolute Gasteiger partial charge is 0.352 e. The Hall–Kier alpha value is -2.00. The summed E-state index contributed by atoms with van der Waals surface area (Å²) in [5.41, 5.74) is 2.28. The second-order valence-electron chi connectivity index (χ2n) is 4.42. The maximum Gasteiger partial charge on any atom is 0.169 e. The molecule has 0 aliphatic heterocycles. The molecular weight excluding hydrogens is 258 g/mol. The number of thiazole rings is 1. The number of hydrogen-bond donors (Lipinski definition) is 0. The number of nitrogens with zero attached hydrogens (tertiary/aromatic N) is 5. The van der Waals surface area contributed by atoms with Gasteiger partial charge >= 0.3 is 0 Å². The first kappa shape index (κ1) is 13.4. The smallest absolute Gasteiger partial charge is 0.169 e. The summed E-state index contributed by atoms with van der Waals surface area (Å²) in [5.74, 6) is 0.622. The summed E-state index contributed by atoms with van der Waals surface area (Å²) in [6.07, 6.45) is 1.86. The Morgan fingerprint density at radius 3 is 2.63 bits per heavy atom. The summed E-state index contributed by atoms with van der Waals surface area (Å²) in [6, 6.07) is 2.22. The summed E-state index contributed by atoms with van der Waals surface area (Å²) in [6.45, 7) is 6.42. The van der Waals surface area contributed by atoms with Gasteiger partial charge in [-0.15, -0.1) is 16.4 Å². The van der Waals surface area contributed by atoms with Crippen LogP contribution in [0, 0.1) is 32.1 Å². The number of nitriles is 1. The number of anilines is 1. The topological polar surface area (TPSA) is 65.7 Å². The van der Waals surface area contributed by atoms with E-state index in [0.717, 1.165) is 21.1 Å². The molecule has 0 aromatic carbocycles. The minimum Gasteiger partial charge on any atom is -0.352 e. The number of aromatic nitrogens is 3. The Balaban J connectivity index is 2.32. The highest BCUT2D eigenvalue weighted by Crippen LogP contribution is 2.23. The lowest BCUT2D eigenvalue weighted by molar-refractivity contribution is 0.853. The van der Waals surface area contributed by atoms with Crippen LogP contribution in [0.15, 0.2) is 6.20 Å². The molecule has 2 aromatic rings. The molecule has 0 fully saturated rings. The molecule has 0 saturated carbocycles. The van der Waals surface area contributed by atoms with Crippen LogP contribution in [0.1, 0.15) is 26.7 Å². The van der Waals surface area contributed by atoms with Gasteiger partial charge in [-0.3, -0.25) is 0 Å². The second kappa shape index (κ2) is 5.33. The van der Waals surface area contributed by atoms with Gasteiger partial charge in [-0.1, -0.05) is 0 Å². The average molecular weight is 273 g/mol. The first-order valence-electron chi connectivity index (χ1n) is 5.89. The van der Waals surface area contributed by atoms with E-state index in [1.807, 2.05) is 38.9 Å². The van der Waals surface area contributed by atoms with E-state index in [9.17, 15) is 5.26 Å². The van der Waals surface area contributed by atoms with Crippen LogP contribution in [-0.4, -0.2) is 22.2 Å². The monoisotopic (exact) mass is 273 g/mol. The lowest BCUT2D eigenvalue weighted by Crippen LogP contribution is -2.20. The van der Waals surface area contributed by atoms with E-state index in [1.165, 1.54) is 0 Å². The number of hydrogen-bond acceptors (Lipinski definition) is 6. The quantitative estimate of drug-likeness (QED) is 0.859. The fraction of sp³-hybridized carbons (Fsp3) is 0.385. The number of rotatable bonds is 3. The van der Waals surface area contributed by atoms with Crippen LogP contribution in [0.5, 0.6) is 0 Å². The predicted octanol–water partition coefficient (Wildman–Crippen LogP) is 2.37. The third-order valence-corrected chi connectivity index (χ3v) is 3.87. The third-order valence-electron chi connectivity index (χ3n) is 2.97. The van der Waals surface area contributed by atoms with Crippen LogP contribution in [0.2, 0.25) is 0 Å². The predicted molar refractivity (Wildman–Crippen MR) is 75.2 cm³/mol. The molecule has 5 nitrogen and oxygen atoms in total. The van der Waals surface area contributed by atoms with E-state index >= 15 is 0 Å². The Bertz CT molecular complexity index is 641. The maximum absolute atomic E-state index is 9.29. The molecule has 0 saturated heterocycles. The van der Waals surface area contributed by atoms with Crippen LogP contribution < -0.4 is 4.90 Å². The van der Waals surface area contributed by atoms with Crippen molar-refractivity contribution < 1.29 is 0 Å². The van der Waals surface area contributed by atoms with Gasteiger partial charge < -0.3 is 4.90 Å². The molecule has 0 N–H and O–H groups in total. The average Bonchev–Trinajstić information content (AvgIpc) is 2.77. The molecule has 6 heteroatoms. The van der Waals surface area contributed by atoms with E-state index in [1.54, 1.807) is 11.3 Å². The van der Waals surface area contributed by atoms with E-state index < -0.39 is 0 Å². The zero-order valence-corrected chi connectivity index (χ0v) is 12.2. The molecule has 0 radical (unpaired) electrons. The SMILES string of the molecule is Cc1ncc(CN(C)c2nnc(C)c(C)c2C#N)s1. The summed E-state index contributed by atoms with van der Waals surface area (Å²) in [4.78, 5) is 7.31. The lowest BCUT2D eigenvalue weighted by atomic mass is 10.1. The van der Waals surface area contributed by atoms with Gasteiger partial charge in [-0.2, -0.15) is 10.4 Å². The van der Waals surface area contributed by atoms with E-state index in [-0.39, 0.29) is 0 Å². The Kier molecular flexibility index (Phi) is 3.76. The minimum atomic E-state index is 0.594. The molecule has 0 unspecified atom stereocenters. The molecule has 0 aliphatic rings. The summed E-state index contributed by atoms with van der Waals surface area (Å²) < 4.78 is 0. The van der Waals surface area contributed by atoms with Gasteiger partial charge in [0.05, 0.1) is 17.2 Å². The fourth-order valence-corrected chi connectivity index (χ4v) is 2.63. The normalized spacial score (nSPS) is 10.3. The zero-order valence-electron chi connectivity index (χ0n) is 11.4. The van der Waals surface area contributed by atoms with Crippen LogP contribution in [0.4, 0.5) is 5.82 Å². The van der Waals surface area contributed by atoms with E-state index in [2.05, 4.69) is 21.3 Å². The molecule has 2 rings (SSSR count). The number of aryl methyl sites for hydroxylation is 2. The Morgan fingerprint density at radius 1 is 1.32 bits per heavy atom. The Morgan fingerprint density at radius 2 is 2.05 bits per heavy atom. The van der Waals surface area contributed by atoms with Crippen molar-refractivity contribution in [3.8, 4) is 6.07 Å². The first-order chi connectivity index (χ1) is 9.02. The van der Waals surface area contributed by atoms with Crippen molar-refractivity contribution in [3.63, 3.8) is 0 Å². The maximum atomic E-state index is 9.29. The van der Waals surface area contributed by atoms with Gasteiger partial charge in [-0.05, 0) is 26.3 Å². The summed E-state index contributed by atoms with van der Waals surface area (Å²) >= 11 is 1.65. The van der Waals surface area contributed by atoms with Crippen molar-refractivity contribution in [2.24, 2.45) is 0 Å². The van der Waals surface area contributed by atoms with Gasteiger partial charge in [0.1, 0.15) is 11.6 Å². The zero-order chi connectivity index (χ0) is 14.0. The van der Waals surface area contributed by atoms with Crippen LogP contribution in [0.25, 0.3) is 0 Å². The highest BCUT2D eigenvalue weighted by Gasteiger charge is 2.15. The molecule has 0 bridgehead atoms. The third kappa shape index (κ3) is 2.71. The van der Waals surface area contributed by atoms with Crippen molar-refractivity contribution in [1.29, 1.82) is 5.26 Å². The van der Waals surface area contributed by atoms with Crippen LogP contribution in [0.3, 0.4) is 0 Å². The van der Waals surface area contributed by atoms with E-state index in [4.69, 9.17) is 0 Å². The fourth-order valence-electron chi connectivity index (χ4n) is 1.78. The highest BCUT2D eigenvalue weighted by molar-refractivity contribution is 7.11. The molecule has 0 aliphatic carbocycles. The summed E-state index contributed by atoms with van der Waals surface area (Å²) in [5, 5.41) is 18.6. The summed E-state index contributed by atoms with van der Waals surface area (Å²) in [7, 11) is 1.91. The van der Waals surface area contributed by atoms with Gasteiger partial charge in [-0.25, -0.2) is 4.98 Å². The minimum absolute atomic E-state index is 0.594. The van der Waals surface area contributed by atoms with Crippen molar-refractivity contribution in [3.05, 3.63) is 32.9 Å². The van der Waals surface area contributed by atoms with Crippen molar-refractivity contribution >= 4 is 17.2 Å². The van der Waals surface area contributed by atoms with E-state index in [0.29, 0.717) is 17.9 Å². The van der Waals surface area contributed by atoms with Crippen molar-refractivity contribution in [1.82, 2.24) is 15.2 Å². The molecule has 0 atom stereocenters. The molecule has 98 valence electrons. The highest BCUT2D eigenvalue weighted by atomic mass is 32.1. The van der Waals surface area contributed by atoms with Gasteiger partial charge in [0.15, 0.2) is 5.82 Å². The molecule has 19 heavy (non-hydrogen) atoms. The van der Waals surface area contributed by atoms with Gasteiger partial charge in [0, 0.05) is 18.1 Å². The standard InChI is InChI=1S/C13H15N5S/c1-8-9(2)16-17-13(12(8)5-14)18(4)7-11-6-15-10(3)19-11/h6H,7H2,1-4H3. The molecule has 0 spiro atoms. The van der Waals surface area contributed by atoms with Crippen LogP contribution in [-0.2, 0) is 6.54 Å². The first-order valence-corrected chi connectivity index (χ1v) is 6.71. The molecule has 2 heterocycles. The molecule has 0 amide bonds. The molecular formula is C13H15N5S.